The minimum Gasteiger partial charge on any atom is -0.396 e. The van der Waals surface area contributed by atoms with E-state index in [-0.39, 0.29) is 23.9 Å². The fourth-order valence-corrected chi connectivity index (χ4v) is 2.94. The summed E-state index contributed by atoms with van der Waals surface area (Å²) in [6.45, 7) is 1.68. The number of amides is 1. The van der Waals surface area contributed by atoms with Gasteiger partial charge in [0.05, 0.1) is 11.0 Å². The zero-order valence-electron chi connectivity index (χ0n) is 12.0. The molecule has 0 unspecified atom stereocenters. The summed E-state index contributed by atoms with van der Waals surface area (Å²) in [5, 5.41) is 24.9. The first-order valence-electron chi connectivity index (χ1n) is 6.73. The summed E-state index contributed by atoms with van der Waals surface area (Å²) in [6, 6.07) is 7.77. The Morgan fingerprint density at radius 2 is 2.23 bits per heavy atom. The lowest BCUT2D eigenvalue weighted by Crippen LogP contribution is -2.29. The van der Waals surface area contributed by atoms with Gasteiger partial charge in [-0.1, -0.05) is 12.1 Å². The number of rotatable bonds is 6. The topological polar surface area (TPSA) is 92.5 Å². The van der Waals surface area contributed by atoms with Crippen molar-refractivity contribution in [3.8, 4) is 0 Å². The predicted molar refractivity (Wildman–Crippen MR) is 84.1 cm³/mol. The second-order valence-corrected chi connectivity index (χ2v) is 5.81. The van der Waals surface area contributed by atoms with E-state index in [9.17, 15) is 14.9 Å². The van der Waals surface area contributed by atoms with Gasteiger partial charge in [0.2, 0.25) is 0 Å². The largest absolute Gasteiger partial charge is 0.396 e. The summed E-state index contributed by atoms with van der Waals surface area (Å²) in [5.41, 5.74) is 0.576. The maximum Gasteiger partial charge on any atom is 0.282 e. The van der Waals surface area contributed by atoms with Gasteiger partial charge in [-0.15, -0.1) is 11.3 Å². The first-order chi connectivity index (χ1) is 10.5. The van der Waals surface area contributed by atoms with Crippen LogP contribution < -0.4 is 5.32 Å². The second kappa shape index (κ2) is 7.15. The van der Waals surface area contributed by atoms with Crippen LogP contribution in [0.15, 0.2) is 35.7 Å². The average Bonchev–Trinajstić information content (AvgIpc) is 3.00. The van der Waals surface area contributed by atoms with Crippen LogP contribution >= 0.6 is 11.3 Å². The van der Waals surface area contributed by atoms with Crippen LogP contribution in [0.4, 0.5) is 5.69 Å². The Kier molecular flexibility index (Phi) is 5.24. The van der Waals surface area contributed by atoms with E-state index in [0.29, 0.717) is 6.42 Å². The first-order valence-corrected chi connectivity index (χ1v) is 7.61. The van der Waals surface area contributed by atoms with Gasteiger partial charge in [-0.3, -0.25) is 14.9 Å². The van der Waals surface area contributed by atoms with E-state index < -0.39 is 10.8 Å². The average molecular weight is 320 g/mol. The minimum absolute atomic E-state index is 0.0319. The number of nitro benzene ring substituents is 1. The quantitative estimate of drug-likeness (QED) is 0.632. The number of benzene rings is 1. The van der Waals surface area contributed by atoms with Crippen LogP contribution in [0.5, 0.6) is 0 Å². The molecule has 6 nitrogen and oxygen atoms in total. The zero-order valence-corrected chi connectivity index (χ0v) is 12.8. The number of aryl methyl sites for hydroxylation is 1. The molecule has 0 spiro atoms. The van der Waals surface area contributed by atoms with E-state index in [4.69, 9.17) is 5.11 Å². The third kappa shape index (κ3) is 3.69. The molecule has 1 aromatic heterocycles. The highest BCUT2D eigenvalue weighted by molar-refractivity contribution is 7.10. The smallest absolute Gasteiger partial charge is 0.282 e. The SMILES string of the molecule is Cc1ccc([N+](=O)[O-])c(C(=O)N[C@@H](CCO)c2cccs2)c1. The number of nitrogens with zero attached hydrogens (tertiary/aromatic N) is 1. The van der Waals surface area contributed by atoms with Crippen molar-refractivity contribution in [2.45, 2.75) is 19.4 Å². The molecule has 2 aromatic rings. The maximum atomic E-state index is 12.4. The number of hydrogen-bond donors (Lipinski definition) is 2. The molecule has 0 aliphatic heterocycles. The van der Waals surface area contributed by atoms with Gasteiger partial charge in [0.15, 0.2) is 0 Å². The number of nitrogens with one attached hydrogen (secondary N) is 1. The van der Waals surface area contributed by atoms with E-state index >= 15 is 0 Å². The van der Waals surface area contributed by atoms with Gasteiger partial charge < -0.3 is 10.4 Å². The summed E-state index contributed by atoms with van der Waals surface area (Å²) >= 11 is 1.46. The summed E-state index contributed by atoms with van der Waals surface area (Å²) in [6.07, 6.45) is 0.353. The van der Waals surface area contributed by atoms with Crippen LogP contribution in [0.2, 0.25) is 0 Å². The number of thiophene rings is 1. The van der Waals surface area contributed by atoms with Crippen molar-refractivity contribution in [1.82, 2.24) is 5.32 Å². The van der Waals surface area contributed by atoms with E-state index in [1.165, 1.54) is 23.5 Å². The highest BCUT2D eigenvalue weighted by Crippen LogP contribution is 2.24. The van der Waals surface area contributed by atoms with Crippen molar-refractivity contribution >= 4 is 22.9 Å². The highest BCUT2D eigenvalue weighted by atomic mass is 32.1. The van der Waals surface area contributed by atoms with Crippen molar-refractivity contribution < 1.29 is 14.8 Å². The molecule has 0 radical (unpaired) electrons. The van der Waals surface area contributed by atoms with Gasteiger partial charge in [0.1, 0.15) is 5.56 Å². The number of aliphatic hydroxyl groups excluding tert-OH is 1. The normalized spacial score (nSPS) is 11.9. The Balaban J connectivity index is 2.27. The Morgan fingerprint density at radius 3 is 2.82 bits per heavy atom. The molecule has 1 aromatic carbocycles. The van der Waals surface area contributed by atoms with Crippen LogP contribution in [-0.4, -0.2) is 22.5 Å². The molecule has 116 valence electrons. The van der Waals surface area contributed by atoms with E-state index in [0.717, 1.165) is 10.4 Å². The lowest BCUT2D eigenvalue weighted by molar-refractivity contribution is -0.385. The van der Waals surface area contributed by atoms with E-state index in [1.807, 2.05) is 17.5 Å². The van der Waals surface area contributed by atoms with E-state index in [1.54, 1.807) is 13.0 Å². The van der Waals surface area contributed by atoms with Crippen molar-refractivity contribution in [3.63, 3.8) is 0 Å². The van der Waals surface area contributed by atoms with Crippen molar-refractivity contribution in [1.29, 1.82) is 0 Å². The fourth-order valence-electron chi connectivity index (χ4n) is 2.13. The molecule has 0 aliphatic rings. The molecular weight excluding hydrogens is 304 g/mol. The molecule has 1 atom stereocenters. The molecule has 2 rings (SSSR count). The Labute approximate surface area is 131 Å². The van der Waals surface area contributed by atoms with Crippen LogP contribution in [-0.2, 0) is 0 Å². The molecule has 0 aliphatic carbocycles. The van der Waals surface area contributed by atoms with Gasteiger partial charge in [-0.05, 0) is 36.4 Å². The van der Waals surface area contributed by atoms with E-state index in [2.05, 4.69) is 5.32 Å². The number of nitro groups is 1. The monoisotopic (exact) mass is 320 g/mol. The summed E-state index contributed by atoms with van der Waals surface area (Å²) in [4.78, 5) is 23.8. The maximum absolute atomic E-state index is 12.4. The van der Waals surface area contributed by atoms with Crippen molar-refractivity contribution in [2.24, 2.45) is 0 Å². The molecule has 22 heavy (non-hydrogen) atoms. The summed E-state index contributed by atoms with van der Waals surface area (Å²) in [5.74, 6) is -0.512. The number of aliphatic hydroxyl groups is 1. The van der Waals surface area contributed by atoms with Crippen LogP contribution in [0, 0.1) is 17.0 Å². The zero-order chi connectivity index (χ0) is 16.1. The van der Waals surface area contributed by atoms with Crippen LogP contribution in [0.1, 0.15) is 33.3 Å². The Morgan fingerprint density at radius 1 is 1.45 bits per heavy atom. The minimum atomic E-state index is -0.569. The number of carbonyl (C=O) groups excluding carboxylic acids is 1. The lowest BCUT2D eigenvalue weighted by atomic mass is 10.1. The van der Waals surface area contributed by atoms with Crippen molar-refractivity contribution in [2.75, 3.05) is 6.61 Å². The van der Waals surface area contributed by atoms with Gasteiger partial charge >= 0.3 is 0 Å². The van der Waals surface area contributed by atoms with Gasteiger partial charge in [-0.2, -0.15) is 0 Å². The Bertz CT molecular complexity index is 670. The predicted octanol–water partition coefficient (Wildman–Crippen LogP) is 2.82. The Hall–Kier alpha value is -2.25. The molecular formula is C15H16N2O4S. The summed E-state index contributed by atoms with van der Waals surface area (Å²) in [7, 11) is 0. The fraction of sp³-hybridized carbons (Fsp3) is 0.267. The third-order valence-electron chi connectivity index (χ3n) is 3.20. The van der Waals surface area contributed by atoms with Crippen LogP contribution in [0.25, 0.3) is 0 Å². The molecule has 0 saturated carbocycles. The van der Waals surface area contributed by atoms with Gasteiger partial charge in [0.25, 0.3) is 11.6 Å². The second-order valence-electron chi connectivity index (χ2n) is 4.83. The molecule has 0 saturated heterocycles. The molecule has 2 N–H and O–H groups in total. The molecule has 1 amide bonds. The third-order valence-corrected chi connectivity index (χ3v) is 4.19. The van der Waals surface area contributed by atoms with Gasteiger partial charge in [0, 0.05) is 17.6 Å². The highest BCUT2D eigenvalue weighted by Gasteiger charge is 2.23. The molecule has 0 bridgehead atoms. The van der Waals surface area contributed by atoms with Crippen molar-refractivity contribution in [3.05, 3.63) is 61.8 Å². The lowest BCUT2D eigenvalue weighted by Gasteiger charge is -2.16. The first kappa shape index (κ1) is 16.1. The summed E-state index contributed by atoms with van der Waals surface area (Å²) < 4.78 is 0. The van der Waals surface area contributed by atoms with Crippen LogP contribution in [0.3, 0.4) is 0 Å². The van der Waals surface area contributed by atoms with Gasteiger partial charge in [-0.25, -0.2) is 0 Å². The number of carbonyl (C=O) groups is 1. The number of hydrogen-bond acceptors (Lipinski definition) is 5. The standard InChI is InChI=1S/C15H16N2O4S/c1-10-4-5-13(17(20)21)11(9-10)15(19)16-12(6-7-18)14-3-2-8-22-14/h2-5,8-9,12,18H,6-7H2,1H3,(H,16,19)/t12-/m0/s1. The molecule has 1 heterocycles. The molecule has 7 heteroatoms. The molecule has 0 fully saturated rings.